The van der Waals surface area contributed by atoms with Crippen LogP contribution in [0.3, 0.4) is 0 Å². The van der Waals surface area contributed by atoms with Crippen molar-refractivity contribution in [2.24, 2.45) is 11.7 Å². The van der Waals surface area contributed by atoms with E-state index in [1.807, 2.05) is 4.90 Å². The molecule has 3 rings (SSSR count). The van der Waals surface area contributed by atoms with Gasteiger partial charge in [0.15, 0.2) is 0 Å². The maximum absolute atomic E-state index is 12.5. The van der Waals surface area contributed by atoms with Crippen LogP contribution < -0.4 is 10.5 Å². The first-order valence-electron chi connectivity index (χ1n) is 8.78. The number of piperidine rings is 1. The van der Waals surface area contributed by atoms with E-state index in [0.29, 0.717) is 34.9 Å². The number of carbonyl (C=O) groups is 1. The Morgan fingerprint density at radius 2 is 1.84 bits per heavy atom. The van der Waals surface area contributed by atoms with Gasteiger partial charge in [0.05, 0.1) is 12.7 Å². The van der Waals surface area contributed by atoms with Crippen molar-refractivity contribution in [1.82, 2.24) is 4.90 Å². The molecule has 0 bridgehead atoms. The van der Waals surface area contributed by atoms with Crippen molar-refractivity contribution < 1.29 is 14.3 Å². The van der Waals surface area contributed by atoms with Gasteiger partial charge < -0.3 is 20.1 Å². The molecule has 0 saturated carbocycles. The molecule has 2 fully saturated rings. The summed E-state index contributed by atoms with van der Waals surface area (Å²) in [7, 11) is 0. The van der Waals surface area contributed by atoms with E-state index in [4.69, 9.17) is 38.4 Å². The Morgan fingerprint density at radius 1 is 1.16 bits per heavy atom. The van der Waals surface area contributed by atoms with Gasteiger partial charge in [-0.1, -0.05) is 23.2 Å². The average molecular weight is 387 g/mol. The lowest BCUT2D eigenvalue weighted by atomic mass is 9.97. The summed E-state index contributed by atoms with van der Waals surface area (Å²) >= 11 is 12.0. The quantitative estimate of drug-likeness (QED) is 0.843. The fourth-order valence-corrected chi connectivity index (χ4v) is 3.92. The van der Waals surface area contributed by atoms with Gasteiger partial charge in [-0.05, 0) is 49.8 Å². The van der Waals surface area contributed by atoms with Crippen molar-refractivity contribution in [3.8, 4) is 5.75 Å². The van der Waals surface area contributed by atoms with E-state index in [1.165, 1.54) is 0 Å². The minimum Gasteiger partial charge on any atom is -0.493 e. The SMILES string of the molecule is NC[C@H]1CC[C@@H](C(=O)N2CCC(COc3cc(Cl)cc(Cl)c3)CC2)O1. The normalized spacial score (nSPS) is 24.5. The zero-order valence-corrected chi connectivity index (χ0v) is 15.6. The van der Waals surface area contributed by atoms with Crippen LogP contribution in [-0.4, -0.2) is 49.3 Å². The maximum atomic E-state index is 12.5. The predicted octanol–water partition coefficient (Wildman–Crippen LogP) is 3.12. The number of hydrogen-bond acceptors (Lipinski definition) is 4. The second kappa shape index (κ2) is 8.58. The second-order valence-electron chi connectivity index (χ2n) is 6.74. The van der Waals surface area contributed by atoms with Crippen LogP contribution in [-0.2, 0) is 9.53 Å². The lowest BCUT2D eigenvalue weighted by Crippen LogP contribution is -2.44. The first-order valence-corrected chi connectivity index (χ1v) is 9.54. The molecule has 7 heteroatoms. The molecule has 138 valence electrons. The van der Waals surface area contributed by atoms with E-state index in [0.717, 1.165) is 38.8 Å². The molecule has 0 radical (unpaired) electrons. The molecule has 0 aliphatic carbocycles. The minimum atomic E-state index is -0.310. The van der Waals surface area contributed by atoms with Crippen LogP contribution in [0.25, 0.3) is 0 Å². The number of benzene rings is 1. The maximum Gasteiger partial charge on any atom is 0.251 e. The van der Waals surface area contributed by atoms with Gasteiger partial charge in [-0.25, -0.2) is 0 Å². The second-order valence-corrected chi connectivity index (χ2v) is 7.62. The van der Waals surface area contributed by atoms with Crippen LogP contribution in [0.15, 0.2) is 18.2 Å². The summed E-state index contributed by atoms with van der Waals surface area (Å²) < 4.78 is 11.5. The van der Waals surface area contributed by atoms with Crippen molar-refractivity contribution in [2.75, 3.05) is 26.2 Å². The zero-order valence-electron chi connectivity index (χ0n) is 14.1. The predicted molar refractivity (Wildman–Crippen MR) is 98.2 cm³/mol. The van der Waals surface area contributed by atoms with Crippen LogP contribution in [0.5, 0.6) is 5.75 Å². The molecule has 1 aromatic carbocycles. The highest BCUT2D eigenvalue weighted by Gasteiger charge is 2.34. The molecule has 1 amide bonds. The molecule has 2 aliphatic heterocycles. The highest BCUT2D eigenvalue weighted by Crippen LogP contribution is 2.27. The summed E-state index contributed by atoms with van der Waals surface area (Å²) in [6.07, 6.45) is 3.22. The Kier molecular flexibility index (Phi) is 6.44. The zero-order chi connectivity index (χ0) is 17.8. The molecule has 2 heterocycles. The Balaban J connectivity index is 1.43. The molecule has 0 aromatic heterocycles. The van der Waals surface area contributed by atoms with E-state index < -0.39 is 0 Å². The van der Waals surface area contributed by atoms with Crippen LogP contribution in [0.2, 0.25) is 10.0 Å². The number of nitrogens with two attached hydrogens (primary N) is 1. The Hall–Kier alpha value is -1.01. The highest BCUT2D eigenvalue weighted by atomic mass is 35.5. The number of likely N-dealkylation sites (tertiary alicyclic amines) is 1. The molecule has 2 aliphatic rings. The Bertz CT molecular complexity index is 586. The van der Waals surface area contributed by atoms with Gasteiger partial charge in [-0.3, -0.25) is 4.79 Å². The monoisotopic (exact) mass is 386 g/mol. The van der Waals surface area contributed by atoms with E-state index in [2.05, 4.69) is 0 Å². The Morgan fingerprint density at radius 3 is 2.44 bits per heavy atom. The molecule has 2 N–H and O–H groups in total. The van der Waals surface area contributed by atoms with E-state index in [-0.39, 0.29) is 18.1 Å². The molecular formula is C18H24Cl2N2O3. The lowest BCUT2D eigenvalue weighted by Gasteiger charge is -2.33. The number of ether oxygens (including phenoxy) is 2. The largest absolute Gasteiger partial charge is 0.493 e. The van der Waals surface area contributed by atoms with Crippen LogP contribution in [0, 0.1) is 5.92 Å². The molecule has 5 nitrogen and oxygen atoms in total. The fourth-order valence-electron chi connectivity index (χ4n) is 3.41. The molecule has 1 aromatic rings. The molecule has 0 spiro atoms. The van der Waals surface area contributed by atoms with Crippen molar-refractivity contribution in [3.63, 3.8) is 0 Å². The summed E-state index contributed by atoms with van der Waals surface area (Å²) in [5, 5.41) is 1.13. The van der Waals surface area contributed by atoms with Crippen molar-refractivity contribution in [1.29, 1.82) is 0 Å². The van der Waals surface area contributed by atoms with Gasteiger partial charge in [0.2, 0.25) is 0 Å². The molecule has 0 unspecified atom stereocenters. The number of hydrogen-bond donors (Lipinski definition) is 1. The first-order chi connectivity index (χ1) is 12.0. The highest BCUT2D eigenvalue weighted by molar-refractivity contribution is 6.34. The van der Waals surface area contributed by atoms with Crippen LogP contribution in [0.4, 0.5) is 0 Å². The average Bonchev–Trinajstić information content (AvgIpc) is 3.08. The van der Waals surface area contributed by atoms with Gasteiger partial charge in [-0.2, -0.15) is 0 Å². The lowest BCUT2D eigenvalue weighted by molar-refractivity contribution is -0.144. The number of rotatable bonds is 5. The van der Waals surface area contributed by atoms with Gasteiger partial charge in [0.25, 0.3) is 5.91 Å². The summed E-state index contributed by atoms with van der Waals surface area (Å²) in [4.78, 5) is 14.4. The van der Waals surface area contributed by atoms with Gasteiger partial charge in [0.1, 0.15) is 11.9 Å². The smallest absolute Gasteiger partial charge is 0.251 e. The summed E-state index contributed by atoms with van der Waals surface area (Å²) in [6, 6.07) is 5.20. The Labute approximate surface area is 158 Å². The minimum absolute atomic E-state index is 0.0319. The van der Waals surface area contributed by atoms with Gasteiger partial charge >= 0.3 is 0 Å². The number of halogens is 2. The summed E-state index contributed by atoms with van der Waals surface area (Å²) in [6.45, 7) is 2.58. The van der Waals surface area contributed by atoms with Crippen LogP contribution >= 0.6 is 23.2 Å². The van der Waals surface area contributed by atoms with Crippen molar-refractivity contribution in [2.45, 2.75) is 37.9 Å². The van der Waals surface area contributed by atoms with E-state index >= 15 is 0 Å². The van der Waals surface area contributed by atoms with E-state index in [9.17, 15) is 4.79 Å². The third-order valence-corrected chi connectivity index (χ3v) is 5.33. The number of nitrogens with zero attached hydrogens (tertiary/aromatic N) is 1. The van der Waals surface area contributed by atoms with Gasteiger partial charge in [-0.15, -0.1) is 0 Å². The van der Waals surface area contributed by atoms with Gasteiger partial charge in [0, 0.05) is 29.7 Å². The molecule has 2 atom stereocenters. The van der Waals surface area contributed by atoms with Crippen LogP contribution in [0.1, 0.15) is 25.7 Å². The van der Waals surface area contributed by atoms with Crippen molar-refractivity contribution in [3.05, 3.63) is 28.2 Å². The molecule has 2 saturated heterocycles. The fraction of sp³-hybridized carbons (Fsp3) is 0.611. The summed E-state index contributed by atoms with van der Waals surface area (Å²) in [5.74, 6) is 1.21. The number of carbonyl (C=O) groups excluding carboxylic acids is 1. The third kappa shape index (κ3) is 5.00. The topological polar surface area (TPSA) is 64.8 Å². The molecule has 25 heavy (non-hydrogen) atoms. The number of amides is 1. The van der Waals surface area contributed by atoms with E-state index in [1.54, 1.807) is 18.2 Å². The standard InChI is InChI=1S/C18H24Cl2N2O3/c19-13-7-14(20)9-16(8-13)24-11-12-3-5-22(6-4-12)18(23)17-2-1-15(10-21)25-17/h7-9,12,15,17H,1-6,10-11,21H2/t15-,17+/m1/s1. The third-order valence-electron chi connectivity index (χ3n) is 4.89. The first kappa shape index (κ1) is 18.8. The molecular weight excluding hydrogens is 363 g/mol. The van der Waals surface area contributed by atoms with Crippen molar-refractivity contribution >= 4 is 29.1 Å². The summed E-state index contributed by atoms with van der Waals surface area (Å²) in [5.41, 5.74) is 5.61.